The van der Waals surface area contributed by atoms with Crippen LogP contribution in [0.4, 0.5) is 0 Å². The fraction of sp³-hybridized carbons (Fsp3) is 0.0455. The molecule has 0 radical (unpaired) electrons. The topological polar surface area (TPSA) is 27.1 Å². The second kappa shape index (κ2) is 6.65. The lowest BCUT2D eigenvalue weighted by molar-refractivity contribution is 0.415. The number of benzene rings is 3. The quantitative estimate of drug-likeness (QED) is 0.482. The Morgan fingerprint density at radius 3 is 2.48 bits per heavy atom. The Balaban J connectivity index is 1.64. The molecule has 4 rings (SSSR count). The summed E-state index contributed by atoms with van der Waals surface area (Å²) in [6.07, 6.45) is 6.09. The summed E-state index contributed by atoms with van der Waals surface area (Å²) >= 11 is 0. The van der Waals surface area contributed by atoms with Crippen molar-refractivity contribution in [2.45, 2.75) is 0 Å². The molecule has 3 heteroatoms. The first kappa shape index (κ1) is 15.2. The highest BCUT2D eigenvalue weighted by molar-refractivity contribution is 5.78. The van der Waals surface area contributed by atoms with Crippen molar-refractivity contribution in [1.82, 2.24) is 9.55 Å². The van der Waals surface area contributed by atoms with Crippen LogP contribution in [-0.4, -0.2) is 16.7 Å². The molecule has 0 N–H and O–H groups in total. The third-order valence-corrected chi connectivity index (χ3v) is 4.19. The van der Waals surface area contributed by atoms with Crippen molar-refractivity contribution in [2.24, 2.45) is 0 Å². The molecule has 3 aromatic carbocycles. The van der Waals surface area contributed by atoms with Gasteiger partial charge in [-0.2, -0.15) is 0 Å². The lowest BCUT2D eigenvalue weighted by atomic mass is 10.1. The second-order valence-electron chi connectivity index (χ2n) is 5.80. The summed E-state index contributed by atoms with van der Waals surface area (Å²) in [7, 11) is 1.68. The van der Waals surface area contributed by atoms with Crippen LogP contribution in [-0.2, 0) is 0 Å². The zero-order valence-corrected chi connectivity index (χ0v) is 14.0. The summed E-state index contributed by atoms with van der Waals surface area (Å²) in [4.78, 5) is 4.47. The summed E-state index contributed by atoms with van der Waals surface area (Å²) in [5, 5.41) is 0. The highest BCUT2D eigenvalue weighted by atomic mass is 16.5. The van der Waals surface area contributed by atoms with Gasteiger partial charge in [0.05, 0.1) is 18.1 Å². The molecule has 1 heterocycles. The van der Waals surface area contributed by atoms with Gasteiger partial charge < -0.3 is 4.74 Å². The fourth-order valence-electron chi connectivity index (χ4n) is 2.85. The molecule has 0 amide bonds. The SMILES string of the molecule is COc1ccc(C=Cc2cccc(-n3cnc4ccccc43)c2)cc1. The fourth-order valence-corrected chi connectivity index (χ4v) is 2.85. The number of methoxy groups -OCH3 is 1. The molecule has 0 aliphatic carbocycles. The monoisotopic (exact) mass is 326 g/mol. The molecule has 3 nitrogen and oxygen atoms in total. The van der Waals surface area contributed by atoms with Crippen molar-refractivity contribution in [1.29, 1.82) is 0 Å². The molecular formula is C22H18N2O. The normalized spacial score (nSPS) is 11.2. The van der Waals surface area contributed by atoms with Gasteiger partial charge in [0.15, 0.2) is 0 Å². The summed E-state index contributed by atoms with van der Waals surface area (Å²) in [5.74, 6) is 0.867. The third kappa shape index (κ3) is 3.17. The van der Waals surface area contributed by atoms with E-state index in [9.17, 15) is 0 Å². The average Bonchev–Trinajstić information content (AvgIpc) is 3.11. The van der Waals surface area contributed by atoms with E-state index in [1.165, 1.54) is 0 Å². The summed E-state index contributed by atoms with van der Waals surface area (Å²) < 4.78 is 7.30. The molecule has 25 heavy (non-hydrogen) atoms. The lowest BCUT2D eigenvalue weighted by Gasteiger charge is -2.05. The number of imidazole rings is 1. The van der Waals surface area contributed by atoms with Crippen molar-refractivity contribution in [3.8, 4) is 11.4 Å². The van der Waals surface area contributed by atoms with Gasteiger partial charge in [-0.25, -0.2) is 4.98 Å². The molecule has 122 valence electrons. The van der Waals surface area contributed by atoms with Crippen LogP contribution in [0.3, 0.4) is 0 Å². The zero-order valence-electron chi connectivity index (χ0n) is 14.0. The number of rotatable bonds is 4. The highest BCUT2D eigenvalue weighted by Crippen LogP contribution is 2.20. The van der Waals surface area contributed by atoms with Gasteiger partial charge in [-0.1, -0.05) is 48.6 Å². The van der Waals surface area contributed by atoms with Crippen LogP contribution in [0, 0.1) is 0 Å². The molecule has 0 aliphatic rings. The number of fused-ring (bicyclic) bond motifs is 1. The Bertz CT molecular complexity index is 1030. The molecular weight excluding hydrogens is 308 g/mol. The highest BCUT2D eigenvalue weighted by Gasteiger charge is 2.03. The number of hydrogen-bond acceptors (Lipinski definition) is 2. The number of nitrogens with zero attached hydrogens (tertiary/aromatic N) is 2. The van der Waals surface area contributed by atoms with Gasteiger partial charge >= 0.3 is 0 Å². The Kier molecular flexibility index (Phi) is 4.05. The minimum Gasteiger partial charge on any atom is -0.497 e. The van der Waals surface area contributed by atoms with E-state index >= 15 is 0 Å². The van der Waals surface area contributed by atoms with Gasteiger partial charge in [0.1, 0.15) is 12.1 Å². The van der Waals surface area contributed by atoms with E-state index in [-0.39, 0.29) is 0 Å². The van der Waals surface area contributed by atoms with Crippen LogP contribution in [0.2, 0.25) is 0 Å². The minimum absolute atomic E-state index is 0.867. The third-order valence-electron chi connectivity index (χ3n) is 4.19. The summed E-state index contributed by atoms with van der Waals surface area (Å²) in [5.41, 5.74) is 5.50. The van der Waals surface area contributed by atoms with Crippen molar-refractivity contribution < 1.29 is 4.74 Å². The first-order valence-electron chi connectivity index (χ1n) is 8.18. The van der Waals surface area contributed by atoms with E-state index in [2.05, 4.69) is 52.0 Å². The predicted molar refractivity (Wildman–Crippen MR) is 103 cm³/mol. The molecule has 0 atom stereocenters. The van der Waals surface area contributed by atoms with Crippen LogP contribution >= 0.6 is 0 Å². The summed E-state index contributed by atoms with van der Waals surface area (Å²) in [6, 6.07) is 24.6. The number of aromatic nitrogens is 2. The number of hydrogen-bond donors (Lipinski definition) is 0. The van der Waals surface area contributed by atoms with E-state index in [0.29, 0.717) is 0 Å². The van der Waals surface area contributed by atoms with Crippen molar-refractivity contribution in [3.63, 3.8) is 0 Å². The van der Waals surface area contributed by atoms with Gasteiger partial charge in [-0.3, -0.25) is 4.57 Å². The molecule has 0 aliphatic heterocycles. The Morgan fingerprint density at radius 2 is 1.64 bits per heavy atom. The van der Waals surface area contributed by atoms with E-state index in [1.807, 2.05) is 48.8 Å². The first-order chi connectivity index (χ1) is 12.3. The molecule has 0 spiro atoms. The van der Waals surface area contributed by atoms with E-state index in [0.717, 1.165) is 33.6 Å². The smallest absolute Gasteiger partial charge is 0.118 e. The predicted octanol–water partition coefficient (Wildman–Crippen LogP) is 5.20. The van der Waals surface area contributed by atoms with Gasteiger partial charge in [-0.15, -0.1) is 0 Å². The Labute approximate surface area is 146 Å². The molecule has 0 unspecified atom stereocenters. The van der Waals surface area contributed by atoms with Crippen molar-refractivity contribution in [2.75, 3.05) is 7.11 Å². The largest absolute Gasteiger partial charge is 0.497 e. The zero-order chi connectivity index (χ0) is 17.1. The molecule has 0 saturated heterocycles. The van der Waals surface area contributed by atoms with Crippen LogP contribution < -0.4 is 4.74 Å². The maximum absolute atomic E-state index is 5.19. The summed E-state index contributed by atoms with van der Waals surface area (Å²) in [6.45, 7) is 0. The minimum atomic E-state index is 0.867. The van der Waals surface area contributed by atoms with Gasteiger partial charge in [0, 0.05) is 5.69 Å². The van der Waals surface area contributed by atoms with Gasteiger partial charge in [0.25, 0.3) is 0 Å². The Morgan fingerprint density at radius 1 is 0.840 bits per heavy atom. The molecule has 0 fully saturated rings. The molecule has 1 aromatic heterocycles. The van der Waals surface area contributed by atoms with E-state index in [4.69, 9.17) is 4.74 Å². The average molecular weight is 326 g/mol. The van der Waals surface area contributed by atoms with Crippen LogP contribution in [0.5, 0.6) is 5.75 Å². The first-order valence-corrected chi connectivity index (χ1v) is 8.18. The van der Waals surface area contributed by atoms with Gasteiger partial charge in [0.2, 0.25) is 0 Å². The van der Waals surface area contributed by atoms with Crippen molar-refractivity contribution in [3.05, 3.63) is 90.3 Å². The number of ether oxygens (including phenoxy) is 1. The van der Waals surface area contributed by atoms with Gasteiger partial charge in [-0.05, 0) is 47.5 Å². The molecule has 4 aromatic rings. The maximum atomic E-state index is 5.19. The molecule has 0 bridgehead atoms. The second-order valence-corrected chi connectivity index (χ2v) is 5.80. The van der Waals surface area contributed by atoms with E-state index in [1.54, 1.807) is 7.11 Å². The maximum Gasteiger partial charge on any atom is 0.118 e. The standard InChI is InChI=1S/C22H18N2O/c1-25-20-13-11-17(12-14-20)9-10-18-5-4-6-19(15-18)24-16-23-21-7-2-3-8-22(21)24/h2-16H,1H3. The molecule has 0 saturated carbocycles. The van der Waals surface area contributed by atoms with Crippen LogP contribution in [0.25, 0.3) is 28.9 Å². The van der Waals surface area contributed by atoms with E-state index < -0.39 is 0 Å². The van der Waals surface area contributed by atoms with Crippen LogP contribution in [0.15, 0.2) is 79.1 Å². The lowest BCUT2D eigenvalue weighted by Crippen LogP contribution is -1.91. The number of para-hydroxylation sites is 2. The van der Waals surface area contributed by atoms with Crippen LogP contribution in [0.1, 0.15) is 11.1 Å². The Hall–Kier alpha value is -3.33. The van der Waals surface area contributed by atoms with Crippen molar-refractivity contribution >= 4 is 23.2 Å².